The van der Waals surface area contributed by atoms with Crippen molar-refractivity contribution in [2.24, 2.45) is 5.92 Å². The molecule has 0 N–H and O–H groups in total. The summed E-state index contributed by atoms with van der Waals surface area (Å²) in [5.41, 5.74) is 0. The van der Waals surface area contributed by atoms with Gasteiger partial charge in [0.25, 0.3) is 0 Å². The molecule has 0 amide bonds. The molecule has 98 valence electrons. The van der Waals surface area contributed by atoms with Crippen molar-refractivity contribution in [3.05, 3.63) is 0 Å². The van der Waals surface area contributed by atoms with Gasteiger partial charge < -0.3 is 29.7 Å². The zero-order chi connectivity index (χ0) is 9.72. The van der Waals surface area contributed by atoms with Crippen LogP contribution in [0.25, 0.3) is 0 Å². The SMILES string of the molecule is O=C([O-])CC(CC(=O)[O-])C(=O)[O-].[Ag+].[Ag+].[Ag+]. The van der Waals surface area contributed by atoms with E-state index in [-0.39, 0.29) is 67.1 Å². The van der Waals surface area contributed by atoms with E-state index in [9.17, 15) is 29.7 Å². The summed E-state index contributed by atoms with van der Waals surface area (Å²) in [6.45, 7) is 0. The van der Waals surface area contributed by atoms with Crippen molar-refractivity contribution in [2.75, 3.05) is 0 Å². The van der Waals surface area contributed by atoms with Gasteiger partial charge in [-0.3, -0.25) is 0 Å². The van der Waals surface area contributed by atoms with Crippen molar-refractivity contribution >= 4 is 17.9 Å². The normalized spacial score (nSPS) is 7.80. The molecule has 0 aliphatic carbocycles. The van der Waals surface area contributed by atoms with E-state index in [4.69, 9.17) is 0 Å². The molecule has 0 heterocycles. The van der Waals surface area contributed by atoms with Crippen molar-refractivity contribution in [3.63, 3.8) is 0 Å². The number of hydrogen-bond donors (Lipinski definition) is 0. The van der Waals surface area contributed by atoms with Gasteiger partial charge in [0.05, 0.1) is 0 Å². The van der Waals surface area contributed by atoms with Gasteiger partial charge in [-0.25, -0.2) is 0 Å². The van der Waals surface area contributed by atoms with Crippen molar-refractivity contribution in [2.45, 2.75) is 12.8 Å². The molecule has 6 nitrogen and oxygen atoms in total. The first-order chi connectivity index (χ1) is 5.43. The minimum Gasteiger partial charge on any atom is -0.550 e. The third-order valence-electron chi connectivity index (χ3n) is 1.16. The van der Waals surface area contributed by atoms with Crippen LogP contribution < -0.4 is 15.3 Å². The molecule has 9 heteroatoms. The molecule has 0 rings (SSSR count). The largest absolute Gasteiger partial charge is 1.00 e. The summed E-state index contributed by atoms with van der Waals surface area (Å²) in [6, 6.07) is 0. The molecule has 0 fully saturated rings. The molecule has 0 spiro atoms. The van der Waals surface area contributed by atoms with E-state index >= 15 is 0 Å². The van der Waals surface area contributed by atoms with Crippen LogP contribution in [0.1, 0.15) is 12.8 Å². The Kier molecular flexibility index (Phi) is 20.9. The van der Waals surface area contributed by atoms with E-state index in [0.29, 0.717) is 0 Å². The number of carbonyl (C=O) groups excluding carboxylic acids is 3. The fraction of sp³-hybridized carbons (Fsp3) is 0.500. The standard InChI is InChI=1S/C6H8O6.3Ag/c7-4(8)1-3(6(11)12)2-5(9)10;;;/h3H,1-2H2,(H,7,8)(H,9,10)(H,11,12);;;/q;3*+1/p-3. The van der Waals surface area contributed by atoms with E-state index in [1.54, 1.807) is 0 Å². The summed E-state index contributed by atoms with van der Waals surface area (Å²) in [5, 5.41) is 29.8. The second-order valence-electron chi connectivity index (χ2n) is 2.17. The summed E-state index contributed by atoms with van der Waals surface area (Å²) in [6.07, 6.45) is -1.76. The summed E-state index contributed by atoms with van der Waals surface area (Å²) in [4.78, 5) is 29.8. The maximum absolute atomic E-state index is 10.1. The summed E-state index contributed by atoms with van der Waals surface area (Å²) in [7, 11) is 0. The summed E-state index contributed by atoms with van der Waals surface area (Å²) >= 11 is 0. The Balaban J connectivity index is -0.000000202. The van der Waals surface area contributed by atoms with Crippen LogP contribution >= 0.6 is 0 Å². The molecule has 0 unspecified atom stereocenters. The van der Waals surface area contributed by atoms with Crippen LogP contribution in [0.2, 0.25) is 0 Å². The zero-order valence-corrected chi connectivity index (χ0v) is 11.3. The minimum absolute atomic E-state index is 0. The summed E-state index contributed by atoms with van der Waals surface area (Å²) < 4.78 is 0. The fourth-order valence-corrected chi connectivity index (χ4v) is 0.641. The number of carboxylic acid groups (broad SMARTS) is 3. The maximum atomic E-state index is 10.1. The Hall–Kier alpha value is 0.631. The van der Waals surface area contributed by atoms with Crippen LogP contribution in [-0.4, -0.2) is 17.9 Å². The number of aliphatic carboxylic acids is 3. The van der Waals surface area contributed by atoms with Crippen molar-refractivity contribution in [1.82, 2.24) is 0 Å². The molecule has 15 heavy (non-hydrogen) atoms. The number of hydrogen-bond acceptors (Lipinski definition) is 6. The van der Waals surface area contributed by atoms with E-state index < -0.39 is 36.7 Å². The van der Waals surface area contributed by atoms with E-state index in [0.717, 1.165) is 0 Å². The number of rotatable bonds is 5. The Morgan fingerprint density at radius 2 is 1.07 bits per heavy atom. The predicted molar refractivity (Wildman–Crippen MR) is 27.7 cm³/mol. The van der Waals surface area contributed by atoms with Gasteiger partial charge in [0.2, 0.25) is 0 Å². The van der Waals surface area contributed by atoms with Gasteiger partial charge in [0, 0.05) is 23.8 Å². The topological polar surface area (TPSA) is 120 Å². The molecule has 0 aromatic rings. The molecule has 0 aromatic heterocycles. The molecule has 0 aliphatic heterocycles. The van der Waals surface area contributed by atoms with Crippen LogP contribution in [0.5, 0.6) is 0 Å². The molecule has 0 saturated carbocycles. The Morgan fingerprint density at radius 3 is 1.20 bits per heavy atom. The van der Waals surface area contributed by atoms with Gasteiger partial charge in [-0.05, 0) is 12.8 Å². The van der Waals surface area contributed by atoms with E-state index in [1.807, 2.05) is 0 Å². The van der Waals surface area contributed by atoms with Crippen LogP contribution in [-0.2, 0) is 81.5 Å². The quantitative estimate of drug-likeness (QED) is 0.355. The third-order valence-corrected chi connectivity index (χ3v) is 1.16. The van der Waals surface area contributed by atoms with Gasteiger partial charge in [0.1, 0.15) is 0 Å². The van der Waals surface area contributed by atoms with Gasteiger partial charge in [-0.1, -0.05) is 0 Å². The second kappa shape index (κ2) is 12.7. The number of carbonyl (C=O) groups is 3. The maximum Gasteiger partial charge on any atom is 1.00 e. The van der Waals surface area contributed by atoms with Crippen molar-refractivity contribution < 1.29 is 96.8 Å². The molecule has 0 aliphatic rings. The fourth-order valence-electron chi connectivity index (χ4n) is 0.641. The first kappa shape index (κ1) is 24.7. The third kappa shape index (κ3) is 14.6. The Labute approximate surface area is 132 Å². The first-order valence-corrected chi connectivity index (χ1v) is 3.04. The average Bonchev–Trinajstić information content (AvgIpc) is 1.83. The Morgan fingerprint density at radius 1 is 0.800 bits per heavy atom. The predicted octanol–water partition coefficient (Wildman–Crippen LogP) is -4.38. The van der Waals surface area contributed by atoms with Crippen LogP contribution in [0.4, 0.5) is 0 Å². The summed E-state index contributed by atoms with van der Waals surface area (Å²) in [5.74, 6) is -6.58. The van der Waals surface area contributed by atoms with Gasteiger partial charge >= 0.3 is 67.1 Å². The van der Waals surface area contributed by atoms with Gasteiger partial charge in [-0.15, -0.1) is 0 Å². The van der Waals surface area contributed by atoms with Gasteiger partial charge in [0.15, 0.2) is 0 Å². The van der Waals surface area contributed by atoms with Crippen molar-refractivity contribution in [1.29, 1.82) is 0 Å². The molecule has 0 aromatic carbocycles. The first-order valence-electron chi connectivity index (χ1n) is 3.04. The van der Waals surface area contributed by atoms with Crippen LogP contribution in [0, 0.1) is 5.92 Å². The second-order valence-corrected chi connectivity index (χ2v) is 2.17. The van der Waals surface area contributed by atoms with Crippen LogP contribution in [0.15, 0.2) is 0 Å². The number of carboxylic acids is 3. The smallest absolute Gasteiger partial charge is 0.550 e. The zero-order valence-electron chi connectivity index (χ0n) is 6.85. The molecular formula is C6H5Ag3O6. The average molecular weight is 497 g/mol. The molecular weight excluding hydrogens is 492 g/mol. The van der Waals surface area contributed by atoms with E-state index in [2.05, 4.69) is 0 Å². The van der Waals surface area contributed by atoms with Gasteiger partial charge in [-0.2, -0.15) is 0 Å². The van der Waals surface area contributed by atoms with Crippen molar-refractivity contribution in [3.8, 4) is 0 Å². The van der Waals surface area contributed by atoms with E-state index in [1.165, 1.54) is 0 Å². The molecule has 0 radical (unpaired) electrons. The molecule has 0 saturated heterocycles. The monoisotopic (exact) mass is 494 g/mol. The minimum atomic E-state index is -1.73. The molecule has 0 bridgehead atoms. The van der Waals surface area contributed by atoms with Crippen LogP contribution in [0.3, 0.4) is 0 Å². The molecule has 0 atom stereocenters. The Bertz CT molecular complexity index is 203.